The van der Waals surface area contributed by atoms with Crippen molar-refractivity contribution in [2.75, 3.05) is 13.6 Å². The highest BCUT2D eigenvalue weighted by Gasteiger charge is 2.15. The Labute approximate surface area is 123 Å². The minimum Gasteiger partial charge on any atom is -0.340 e. The van der Waals surface area contributed by atoms with Crippen molar-refractivity contribution >= 4 is 10.0 Å². The third-order valence-electron chi connectivity index (χ3n) is 2.89. The van der Waals surface area contributed by atoms with E-state index in [0.29, 0.717) is 11.7 Å². The van der Waals surface area contributed by atoms with Crippen molar-refractivity contribution in [1.82, 2.24) is 20.2 Å². The molecule has 0 fully saturated rings. The number of rotatable bonds is 7. The molecule has 0 amide bonds. The van der Waals surface area contributed by atoms with E-state index in [-0.39, 0.29) is 11.4 Å². The molecular weight excluding hydrogens is 292 g/mol. The SMILES string of the molecule is CNCCc1ccc(S(=O)(=O)NCc2noc(C)n2)cc1. The topological polar surface area (TPSA) is 97.1 Å². The van der Waals surface area contributed by atoms with Crippen molar-refractivity contribution in [2.24, 2.45) is 0 Å². The number of hydrogen-bond donors (Lipinski definition) is 2. The van der Waals surface area contributed by atoms with Crippen molar-refractivity contribution in [3.63, 3.8) is 0 Å². The van der Waals surface area contributed by atoms with E-state index >= 15 is 0 Å². The molecule has 0 unspecified atom stereocenters. The summed E-state index contributed by atoms with van der Waals surface area (Å²) in [6, 6.07) is 6.80. The zero-order valence-electron chi connectivity index (χ0n) is 12.0. The van der Waals surface area contributed by atoms with Crippen LogP contribution in [0.25, 0.3) is 0 Å². The number of likely N-dealkylation sites (N-methyl/N-ethyl adjacent to an activating group) is 1. The molecule has 7 nitrogen and oxygen atoms in total. The van der Waals surface area contributed by atoms with Gasteiger partial charge in [-0.05, 0) is 37.7 Å². The van der Waals surface area contributed by atoms with Gasteiger partial charge in [0.1, 0.15) is 0 Å². The summed E-state index contributed by atoms with van der Waals surface area (Å²) in [4.78, 5) is 4.16. The first-order chi connectivity index (χ1) is 10.0. The van der Waals surface area contributed by atoms with Gasteiger partial charge in [0.05, 0.1) is 11.4 Å². The van der Waals surface area contributed by atoms with E-state index in [0.717, 1.165) is 18.5 Å². The summed E-state index contributed by atoms with van der Waals surface area (Å²) < 4.78 is 31.5. The smallest absolute Gasteiger partial charge is 0.240 e. The van der Waals surface area contributed by atoms with Crippen LogP contribution < -0.4 is 10.0 Å². The normalized spacial score (nSPS) is 11.7. The van der Waals surface area contributed by atoms with Crippen LogP contribution in [0.15, 0.2) is 33.7 Å². The van der Waals surface area contributed by atoms with Crippen LogP contribution >= 0.6 is 0 Å². The number of benzene rings is 1. The van der Waals surface area contributed by atoms with Gasteiger partial charge in [-0.3, -0.25) is 0 Å². The Hall–Kier alpha value is -1.77. The van der Waals surface area contributed by atoms with Gasteiger partial charge in [-0.1, -0.05) is 17.3 Å². The number of aromatic nitrogens is 2. The summed E-state index contributed by atoms with van der Waals surface area (Å²) >= 11 is 0. The second kappa shape index (κ2) is 6.79. The number of nitrogens with zero attached hydrogens (tertiary/aromatic N) is 2. The molecule has 1 aromatic carbocycles. The fraction of sp³-hybridized carbons (Fsp3) is 0.385. The predicted molar refractivity (Wildman–Crippen MR) is 77.1 cm³/mol. The van der Waals surface area contributed by atoms with Gasteiger partial charge < -0.3 is 9.84 Å². The zero-order chi connectivity index (χ0) is 15.3. The standard InChI is InChI=1S/C13H18N4O3S/c1-10-16-13(17-20-10)9-15-21(18,19)12-5-3-11(4-6-12)7-8-14-2/h3-6,14-15H,7-9H2,1-2H3. The van der Waals surface area contributed by atoms with Crippen LogP contribution in [0.3, 0.4) is 0 Å². The molecule has 0 aliphatic rings. The lowest BCUT2D eigenvalue weighted by atomic mass is 10.1. The Morgan fingerprint density at radius 3 is 2.52 bits per heavy atom. The maximum absolute atomic E-state index is 12.1. The first-order valence-electron chi connectivity index (χ1n) is 6.53. The lowest BCUT2D eigenvalue weighted by Crippen LogP contribution is -2.23. The maximum Gasteiger partial charge on any atom is 0.240 e. The molecule has 21 heavy (non-hydrogen) atoms. The van der Waals surface area contributed by atoms with Crippen LogP contribution in [0.5, 0.6) is 0 Å². The Bertz CT molecular complexity index is 680. The predicted octanol–water partition coefficient (Wildman–Crippen LogP) is 0.618. The molecule has 114 valence electrons. The van der Waals surface area contributed by atoms with Gasteiger partial charge in [-0.25, -0.2) is 13.1 Å². The van der Waals surface area contributed by atoms with Crippen LogP contribution in [0, 0.1) is 6.92 Å². The van der Waals surface area contributed by atoms with Crippen molar-refractivity contribution < 1.29 is 12.9 Å². The summed E-state index contributed by atoms with van der Waals surface area (Å²) in [6.45, 7) is 2.50. The molecule has 8 heteroatoms. The third kappa shape index (κ3) is 4.35. The molecule has 2 rings (SSSR count). The van der Waals surface area contributed by atoms with E-state index in [4.69, 9.17) is 4.52 Å². The molecule has 0 aliphatic carbocycles. The quantitative estimate of drug-likeness (QED) is 0.778. The van der Waals surface area contributed by atoms with Gasteiger partial charge in [-0.2, -0.15) is 4.98 Å². The molecule has 1 aromatic heterocycles. The van der Waals surface area contributed by atoms with Crippen LogP contribution in [0.1, 0.15) is 17.3 Å². The van der Waals surface area contributed by atoms with Gasteiger partial charge in [-0.15, -0.1) is 0 Å². The average Bonchev–Trinajstić information content (AvgIpc) is 2.89. The molecule has 2 aromatic rings. The van der Waals surface area contributed by atoms with E-state index in [1.165, 1.54) is 0 Å². The van der Waals surface area contributed by atoms with E-state index in [1.54, 1.807) is 19.1 Å². The molecule has 0 aliphatic heterocycles. The van der Waals surface area contributed by atoms with Gasteiger partial charge in [0, 0.05) is 6.92 Å². The molecule has 2 N–H and O–H groups in total. The Morgan fingerprint density at radius 2 is 1.95 bits per heavy atom. The molecule has 0 bridgehead atoms. The van der Waals surface area contributed by atoms with E-state index < -0.39 is 10.0 Å². The summed E-state index contributed by atoms with van der Waals surface area (Å²) in [5, 5.41) is 6.69. The first-order valence-corrected chi connectivity index (χ1v) is 8.02. The summed E-state index contributed by atoms with van der Waals surface area (Å²) in [5.74, 6) is 0.708. The number of aryl methyl sites for hydroxylation is 1. The fourth-order valence-corrected chi connectivity index (χ4v) is 2.74. The number of sulfonamides is 1. The van der Waals surface area contributed by atoms with Gasteiger partial charge in [0.25, 0.3) is 0 Å². The summed E-state index contributed by atoms with van der Waals surface area (Å²) in [5.41, 5.74) is 1.08. The zero-order valence-corrected chi connectivity index (χ0v) is 12.8. The van der Waals surface area contributed by atoms with E-state index in [1.807, 2.05) is 19.2 Å². The van der Waals surface area contributed by atoms with Crippen molar-refractivity contribution in [1.29, 1.82) is 0 Å². The van der Waals surface area contributed by atoms with Crippen molar-refractivity contribution in [3.05, 3.63) is 41.5 Å². The van der Waals surface area contributed by atoms with Crippen molar-refractivity contribution in [3.8, 4) is 0 Å². The van der Waals surface area contributed by atoms with Crippen LogP contribution in [0.4, 0.5) is 0 Å². The van der Waals surface area contributed by atoms with Crippen LogP contribution in [-0.4, -0.2) is 32.2 Å². The van der Waals surface area contributed by atoms with Gasteiger partial charge in [0.2, 0.25) is 15.9 Å². The lowest BCUT2D eigenvalue weighted by Gasteiger charge is -2.06. The second-order valence-corrected chi connectivity index (χ2v) is 6.32. The molecule has 0 spiro atoms. The van der Waals surface area contributed by atoms with E-state index in [9.17, 15) is 8.42 Å². The van der Waals surface area contributed by atoms with E-state index in [2.05, 4.69) is 20.2 Å². The first kappa shape index (κ1) is 15.6. The van der Waals surface area contributed by atoms with Gasteiger partial charge >= 0.3 is 0 Å². The molecule has 0 saturated carbocycles. The Kier molecular flexibility index (Phi) is 5.05. The highest BCUT2D eigenvalue weighted by molar-refractivity contribution is 7.89. The van der Waals surface area contributed by atoms with Crippen molar-refractivity contribution in [2.45, 2.75) is 24.8 Å². The highest BCUT2D eigenvalue weighted by Crippen LogP contribution is 2.11. The molecule has 0 radical (unpaired) electrons. The monoisotopic (exact) mass is 310 g/mol. The van der Waals surface area contributed by atoms with Crippen LogP contribution in [-0.2, 0) is 23.0 Å². The largest absolute Gasteiger partial charge is 0.340 e. The van der Waals surface area contributed by atoms with Crippen LogP contribution in [0.2, 0.25) is 0 Å². The minimum absolute atomic E-state index is 0.00117. The fourth-order valence-electron chi connectivity index (χ4n) is 1.76. The van der Waals surface area contributed by atoms with Gasteiger partial charge in [0.15, 0.2) is 5.82 Å². The number of nitrogens with one attached hydrogen (secondary N) is 2. The molecular formula is C13H18N4O3S. The second-order valence-electron chi connectivity index (χ2n) is 4.55. The third-order valence-corrected chi connectivity index (χ3v) is 4.30. The Morgan fingerprint density at radius 1 is 1.24 bits per heavy atom. The summed E-state index contributed by atoms with van der Waals surface area (Å²) in [7, 11) is -1.70. The Balaban J connectivity index is 2.01. The maximum atomic E-state index is 12.1. The molecule has 0 atom stereocenters. The molecule has 0 saturated heterocycles. The number of hydrogen-bond acceptors (Lipinski definition) is 6. The molecule has 1 heterocycles. The summed E-state index contributed by atoms with van der Waals surface area (Å²) in [6.07, 6.45) is 0.854. The average molecular weight is 310 g/mol. The highest BCUT2D eigenvalue weighted by atomic mass is 32.2. The minimum atomic E-state index is -3.57. The lowest BCUT2D eigenvalue weighted by molar-refractivity contribution is 0.387.